The molecule has 2 N–H and O–H groups in total. The highest BCUT2D eigenvalue weighted by atomic mass is 32.2. The lowest BCUT2D eigenvalue weighted by atomic mass is 9.95. The fourth-order valence-corrected chi connectivity index (χ4v) is 5.94. The summed E-state index contributed by atoms with van der Waals surface area (Å²) in [6.45, 7) is 7.76. The van der Waals surface area contributed by atoms with E-state index in [2.05, 4.69) is 16.2 Å². The van der Waals surface area contributed by atoms with E-state index < -0.39 is 22.0 Å². The minimum Gasteiger partial charge on any atom is -0.480 e. The van der Waals surface area contributed by atoms with Crippen molar-refractivity contribution in [3.8, 4) is 0 Å². The number of nitrogens with one attached hydrogen (secondary N) is 1. The Labute approximate surface area is 195 Å². The van der Waals surface area contributed by atoms with Crippen molar-refractivity contribution >= 4 is 21.6 Å². The van der Waals surface area contributed by atoms with Crippen LogP contribution in [-0.4, -0.2) is 25.5 Å². The van der Waals surface area contributed by atoms with Crippen LogP contribution < -0.4 is 4.72 Å². The number of sulfonamides is 1. The van der Waals surface area contributed by atoms with Crippen LogP contribution in [0.3, 0.4) is 0 Å². The molecule has 0 spiro atoms. The molecule has 0 aliphatic heterocycles. The molecule has 170 valence electrons. The molecule has 0 fully saturated rings. The molecule has 0 amide bonds. The number of rotatable bonds is 7. The molecular formula is C27H27NO4S. The first-order valence-electron chi connectivity index (χ1n) is 11.0. The van der Waals surface area contributed by atoms with Crippen LogP contribution in [0.5, 0.6) is 0 Å². The number of carboxylic acid groups (broad SMARTS) is 1. The molecule has 3 aliphatic carbocycles. The van der Waals surface area contributed by atoms with Crippen molar-refractivity contribution in [1.29, 1.82) is 0 Å². The van der Waals surface area contributed by atoms with E-state index in [4.69, 9.17) is 0 Å². The van der Waals surface area contributed by atoms with Gasteiger partial charge in [-0.05, 0) is 72.6 Å². The monoisotopic (exact) mass is 461 g/mol. The molecule has 3 aliphatic rings. The zero-order valence-corrected chi connectivity index (χ0v) is 20.0. The molecule has 1 atom stereocenters. The van der Waals surface area contributed by atoms with Crippen LogP contribution in [0.25, 0.3) is 5.57 Å². The summed E-state index contributed by atoms with van der Waals surface area (Å²) >= 11 is 0. The van der Waals surface area contributed by atoms with E-state index in [-0.39, 0.29) is 17.2 Å². The van der Waals surface area contributed by atoms with Crippen LogP contribution >= 0.6 is 0 Å². The Balaban J connectivity index is 1.68. The smallest absolute Gasteiger partial charge is 0.322 e. The second-order valence-corrected chi connectivity index (χ2v) is 10.6. The van der Waals surface area contributed by atoms with Gasteiger partial charge in [0.25, 0.3) is 0 Å². The van der Waals surface area contributed by atoms with Gasteiger partial charge in [0.1, 0.15) is 6.04 Å². The van der Waals surface area contributed by atoms with Gasteiger partial charge in [0.05, 0.1) is 4.91 Å². The average Bonchev–Trinajstić information content (AvgIpc) is 3.25. The van der Waals surface area contributed by atoms with Crippen molar-refractivity contribution in [3.05, 3.63) is 97.9 Å². The second-order valence-electron chi connectivity index (χ2n) is 8.92. The molecule has 0 heterocycles. The van der Waals surface area contributed by atoms with Crippen LogP contribution in [-0.2, 0) is 21.2 Å². The van der Waals surface area contributed by atoms with Crippen molar-refractivity contribution in [3.63, 3.8) is 0 Å². The molecule has 4 rings (SSSR count). The maximum atomic E-state index is 13.4. The zero-order chi connectivity index (χ0) is 23.9. The van der Waals surface area contributed by atoms with Gasteiger partial charge in [-0.15, -0.1) is 0 Å². The maximum absolute atomic E-state index is 13.4. The highest BCUT2D eigenvalue weighted by Crippen LogP contribution is 2.40. The van der Waals surface area contributed by atoms with Gasteiger partial charge >= 0.3 is 5.97 Å². The minimum atomic E-state index is -4.11. The summed E-state index contributed by atoms with van der Waals surface area (Å²) in [6.07, 6.45) is 6.33. The number of fused-ring (bicyclic) bond motifs is 2. The van der Waals surface area contributed by atoms with Crippen LogP contribution in [0.2, 0.25) is 0 Å². The summed E-state index contributed by atoms with van der Waals surface area (Å²) in [6, 6.07) is 6.50. The average molecular weight is 462 g/mol. The van der Waals surface area contributed by atoms with Crippen LogP contribution in [0.1, 0.15) is 45.2 Å². The molecule has 33 heavy (non-hydrogen) atoms. The van der Waals surface area contributed by atoms with Gasteiger partial charge < -0.3 is 5.11 Å². The third-order valence-electron chi connectivity index (χ3n) is 6.22. The molecule has 0 radical (unpaired) electrons. The Bertz CT molecular complexity index is 1390. The summed E-state index contributed by atoms with van der Waals surface area (Å²) in [7, 11) is -4.11. The molecule has 6 heteroatoms. The maximum Gasteiger partial charge on any atom is 0.322 e. The van der Waals surface area contributed by atoms with E-state index in [1.54, 1.807) is 13.0 Å². The highest BCUT2D eigenvalue weighted by molar-refractivity contribution is 7.93. The summed E-state index contributed by atoms with van der Waals surface area (Å²) in [5, 5.41) is 9.84. The van der Waals surface area contributed by atoms with E-state index in [1.165, 1.54) is 0 Å². The Morgan fingerprint density at radius 3 is 2.58 bits per heavy atom. The third kappa shape index (κ3) is 4.39. The fourth-order valence-electron chi connectivity index (χ4n) is 4.39. The molecule has 1 aromatic rings. The Kier molecular flexibility index (Phi) is 6.04. The largest absolute Gasteiger partial charge is 0.480 e. The molecule has 0 saturated heterocycles. The summed E-state index contributed by atoms with van der Waals surface area (Å²) in [5.41, 5.74) is 12.9. The predicted molar refractivity (Wildman–Crippen MR) is 130 cm³/mol. The van der Waals surface area contributed by atoms with Gasteiger partial charge in [-0.3, -0.25) is 4.79 Å². The lowest BCUT2D eigenvalue weighted by Crippen LogP contribution is -2.41. The standard InChI is InChI=1S/C27H27NO4S/c1-16(2)20-10-9-17(3)26-23(14-20)18(4)13-25(26)33(31,32)28-24(27(29)30)15-21-12-11-19-7-5-6-8-22(19)21/h5-8,12-14,16,24,28H,11,15H2,1-4H3,(H,29,30). The number of aliphatic carboxylic acids is 1. The van der Waals surface area contributed by atoms with Crippen molar-refractivity contribution in [2.45, 2.75) is 46.6 Å². The number of allylic oxidation sites excluding steroid dienone is 8. The number of hydrogen-bond donors (Lipinski definition) is 2. The Morgan fingerprint density at radius 2 is 1.88 bits per heavy atom. The van der Waals surface area contributed by atoms with Gasteiger partial charge in [-0.1, -0.05) is 55.7 Å². The first kappa shape index (κ1) is 23.0. The summed E-state index contributed by atoms with van der Waals surface area (Å²) in [5.74, 6) is -0.997. The van der Waals surface area contributed by atoms with Crippen LogP contribution in [0.15, 0.2) is 86.7 Å². The normalized spacial score (nSPS) is 18.2. The lowest BCUT2D eigenvalue weighted by Gasteiger charge is -2.17. The molecule has 0 aromatic heterocycles. The van der Waals surface area contributed by atoms with Crippen molar-refractivity contribution in [1.82, 2.24) is 4.72 Å². The van der Waals surface area contributed by atoms with Crippen LogP contribution in [0, 0.1) is 5.92 Å². The number of carbonyl (C=O) groups is 1. The van der Waals surface area contributed by atoms with Gasteiger partial charge in [0, 0.05) is 16.7 Å². The number of benzene rings is 1. The quantitative estimate of drug-likeness (QED) is 0.570. The summed E-state index contributed by atoms with van der Waals surface area (Å²) < 4.78 is 29.4. The second kappa shape index (κ2) is 8.66. The molecular weight excluding hydrogens is 434 g/mol. The van der Waals surface area contributed by atoms with Crippen LogP contribution in [0.4, 0.5) is 0 Å². The minimum absolute atomic E-state index is 0.0767. The zero-order valence-electron chi connectivity index (χ0n) is 19.2. The van der Waals surface area contributed by atoms with E-state index >= 15 is 0 Å². The van der Waals surface area contributed by atoms with Crippen molar-refractivity contribution in [2.24, 2.45) is 5.92 Å². The SMILES string of the molecule is CC1=C=C=C(C(C)C)C=C2C(C)=CC(S(=O)(=O)NC(CC3=CCc4ccccc43)C(=O)O)=C12. The number of hydrogen-bond acceptors (Lipinski definition) is 3. The van der Waals surface area contributed by atoms with E-state index in [0.717, 1.165) is 39.8 Å². The lowest BCUT2D eigenvalue weighted by molar-refractivity contribution is -0.138. The van der Waals surface area contributed by atoms with Gasteiger partial charge in [-0.2, -0.15) is 4.72 Å². The Morgan fingerprint density at radius 1 is 1.15 bits per heavy atom. The van der Waals surface area contributed by atoms with E-state index in [1.807, 2.05) is 57.2 Å². The molecule has 1 aromatic carbocycles. The Hall–Kier alpha value is -3.14. The van der Waals surface area contributed by atoms with Gasteiger partial charge in [-0.25, -0.2) is 8.42 Å². The topological polar surface area (TPSA) is 83.5 Å². The van der Waals surface area contributed by atoms with Crippen molar-refractivity contribution in [2.75, 3.05) is 0 Å². The van der Waals surface area contributed by atoms with E-state index in [0.29, 0.717) is 11.1 Å². The first-order valence-corrected chi connectivity index (χ1v) is 12.5. The highest BCUT2D eigenvalue weighted by Gasteiger charge is 2.34. The van der Waals surface area contributed by atoms with Gasteiger partial charge in [0.15, 0.2) is 0 Å². The molecule has 0 bridgehead atoms. The summed E-state index contributed by atoms with van der Waals surface area (Å²) in [4.78, 5) is 12.1. The van der Waals surface area contributed by atoms with E-state index in [9.17, 15) is 18.3 Å². The fraction of sp³-hybridized carbons (Fsp3) is 0.296. The molecule has 1 unspecified atom stereocenters. The third-order valence-corrected chi connectivity index (χ3v) is 7.72. The first-order chi connectivity index (χ1) is 15.6. The molecule has 0 saturated carbocycles. The molecule has 5 nitrogen and oxygen atoms in total. The number of carboxylic acids is 1. The van der Waals surface area contributed by atoms with Gasteiger partial charge in [0.2, 0.25) is 10.0 Å². The predicted octanol–water partition coefficient (Wildman–Crippen LogP) is 4.83. The van der Waals surface area contributed by atoms with Crippen molar-refractivity contribution < 1.29 is 18.3 Å².